The number of nitrogens with zero attached hydrogens (tertiary/aromatic N) is 2. The van der Waals surface area contributed by atoms with E-state index in [2.05, 4.69) is 5.32 Å². The molecule has 0 aliphatic carbocycles. The molecule has 0 unspecified atom stereocenters. The lowest BCUT2D eigenvalue weighted by molar-refractivity contribution is -0.136. The number of benzene rings is 1. The van der Waals surface area contributed by atoms with E-state index in [0.717, 1.165) is 0 Å². The molecule has 92 valence electrons. The SMILES string of the molecule is N#Cc1cccc(CN2CC(=O)NC(=O)C2)c1F. The van der Waals surface area contributed by atoms with Crippen molar-refractivity contribution in [2.75, 3.05) is 13.1 Å². The summed E-state index contributed by atoms with van der Waals surface area (Å²) in [7, 11) is 0. The number of piperazine rings is 1. The summed E-state index contributed by atoms with van der Waals surface area (Å²) in [6, 6.07) is 6.24. The van der Waals surface area contributed by atoms with Gasteiger partial charge >= 0.3 is 0 Å². The molecule has 1 N–H and O–H groups in total. The molecule has 1 fully saturated rings. The molecule has 18 heavy (non-hydrogen) atoms. The predicted octanol–water partition coefficient (Wildman–Crippen LogP) is 0.156. The Morgan fingerprint density at radius 2 is 2.00 bits per heavy atom. The molecule has 1 heterocycles. The first-order valence-corrected chi connectivity index (χ1v) is 5.32. The Balaban J connectivity index is 2.17. The van der Waals surface area contributed by atoms with Gasteiger partial charge in [0.2, 0.25) is 11.8 Å². The monoisotopic (exact) mass is 247 g/mol. The van der Waals surface area contributed by atoms with Crippen LogP contribution in [0.3, 0.4) is 0 Å². The van der Waals surface area contributed by atoms with E-state index in [1.54, 1.807) is 12.1 Å². The van der Waals surface area contributed by atoms with E-state index in [0.29, 0.717) is 5.56 Å². The van der Waals surface area contributed by atoms with E-state index in [-0.39, 0.29) is 25.2 Å². The highest BCUT2D eigenvalue weighted by molar-refractivity contribution is 5.99. The molecule has 0 radical (unpaired) electrons. The molecule has 2 amide bonds. The average Bonchev–Trinajstić information content (AvgIpc) is 2.30. The number of hydrogen-bond acceptors (Lipinski definition) is 4. The number of hydrogen-bond donors (Lipinski definition) is 1. The number of carbonyl (C=O) groups is 2. The average molecular weight is 247 g/mol. The molecule has 0 atom stereocenters. The number of carbonyl (C=O) groups excluding carboxylic acids is 2. The maximum atomic E-state index is 13.8. The van der Waals surface area contributed by atoms with E-state index >= 15 is 0 Å². The normalized spacial score (nSPS) is 16.2. The van der Waals surface area contributed by atoms with Crippen LogP contribution in [0.5, 0.6) is 0 Å². The van der Waals surface area contributed by atoms with Gasteiger partial charge in [0, 0.05) is 12.1 Å². The zero-order valence-electron chi connectivity index (χ0n) is 9.44. The smallest absolute Gasteiger partial charge is 0.240 e. The summed E-state index contributed by atoms with van der Waals surface area (Å²) >= 11 is 0. The molecule has 6 heteroatoms. The van der Waals surface area contributed by atoms with Gasteiger partial charge < -0.3 is 0 Å². The third-order valence-electron chi connectivity index (χ3n) is 2.61. The van der Waals surface area contributed by atoms with Crippen LogP contribution in [0.2, 0.25) is 0 Å². The number of nitrogens with one attached hydrogen (secondary N) is 1. The van der Waals surface area contributed by atoms with Crippen molar-refractivity contribution in [3.63, 3.8) is 0 Å². The molecule has 2 rings (SSSR count). The predicted molar refractivity (Wildman–Crippen MR) is 59.5 cm³/mol. The van der Waals surface area contributed by atoms with E-state index in [9.17, 15) is 14.0 Å². The quantitative estimate of drug-likeness (QED) is 0.755. The molecule has 0 saturated carbocycles. The molecule has 1 aromatic carbocycles. The first-order valence-electron chi connectivity index (χ1n) is 5.32. The number of imide groups is 1. The summed E-state index contributed by atoms with van der Waals surface area (Å²) < 4.78 is 13.8. The lowest BCUT2D eigenvalue weighted by Crippen LogP contribution is -2.50. The van der Waals surface area contributed by atoms with Crippen LogP contribution in [0.1, 0.15) is 11.1 Å². The fraction of sp³-hybridized carbons (Fsp3) is 0.250. The van der Waals surface area contributed by atoms with Crippen molar-refractivity contribution in [2.45, 2.75) is 6.54 Å². The van der Waals surface area contributed by atoms with Gasteiger partial charge in [-0.05, 0) is 6.07 Å². The minimum Gasteiger partial charge on any atom is -0.294 e. The van der Waals surface area contributed by atoms with Gasteiger partial charge in [0.15, 0.2) is 0 Å². The van der Waals surface area contributed by atoms with Gasteiger partial charge in [-0.2, -0.15) is 5.26 Å². The van der Waals surface area contributed by atoms with Crippen molar-refractivity contribution in [2.24, 2.45) is 0 Å². The lowest BCUT2D eigenvalue weighted by Gasteiger charge is -2.25. The Labute approximate surface area is 103 Å². The molecular formula is C12H10FN3O2. The van der Waals surface area contributed by atoms with Crippen LogP contribution in [0.25, 0.3) is 0 Å². The number of nitriles is 1. The summed E-state index contributed by atoms with van der Waals surface area (Å²) in [6.45, 7) is 0.213. The minimum absolute atomic E-state index is 0.0414. The molecule has 1 aliphatic rings. The third kappa shape index (κ3) is 2.52. The Morgan fingerprint density at radius 1 is 1.33 bits per heavy atom. The molecule has 5 nitrogen and oxygen atoms in total. The maximum absolute atomic E-state index is 13.8. The largest absolute Gasteiger partial charge is 0.294 e. The van der Waals surface area contributed by atoms with Crippen LogP contribution in [0, 0.1) is 17.1 Å². The summed E-state index contributed by atoms with van der Waals surface area (Å²) in [5, 5.41) is 10.9. The lowest BCUT2D eigenvalue weighted by atomic mass is 10.1. The third-order valence-corrected chi connectivity index (χ3v) is 2.61. The first kappa shape index (κ1) is 12.2. The van der Waals surface area contributed by atoms with E-state index in [1.165, 1.54) is 17.0 Å². The molecule has 1 aliphatic heterocycles. The van der Waals surface area contributed by atoms with Crippen molar-refractivity contribution < 1.29 is 14.0 Å². The van der Waals surface area contributed by atoms with E-state index in [4.69, 9.17) is 5.26 Å². The number of amides is 2. The molecule has 0 bridgehead atoms. The van der Waals surface area contributed by atoms with Crippen LogP contribution >= 0.6 is 0 Å². The fourth-order valence-corrected chi connectivity index (χ4v) is 1.84. The molecular weight excluding hydrogens is 237 g/mol. The Hall–Kier alpha value is -2.26. The van der Waals surface area contributed by atoms with Crippen molar-refractivity contribution in [1.29, 1.82) is 5.26 Å². The van der Waals surface area contributed by atoms with E-state index in [1.807, 2.05) is 0 Å². The van der Waals surface area contributed by atoms with Gasteiger partial charge in [0.25, 0.3) is 0 Å². The maximum Gasteiger partial charge on any atom is 0.240 e. The van der Waals surface area contributed by atoms with Gasteiger partial charge in [-0.15, -0.1) is 0 Å². The number of halogens is 1. The van der Waals surface area contributed by atoms with Gasteiger partial charge in [-0.25, -0.2) is 4.39 Å². The molecule has 0 spiro atoms. The fourth-order valence-electron chi connectivity index (χ4n) is 1.84. The topological polar surface area (TPSA) is 73.2 Å². The van der Waals surface area contributed by atoms with Crippen LogP contribution < -0.4 is 5.32 Å². The van der Waals surface area contributed by atoms with Crippen molar-refractivity contribution in [3.05, 3.63) is 35.1 Å². The second-order valence-corrected chi connectivity index (χ2v) is 4.01. The van der Waals surface area contributed by atoms with Gasteiger partial charge in [-0.1, -0.05) is 12.1 Å². The van der Waals surface area contributed by atoms with Crippen molar-refractivity contribution >= 4 is 11.8 Å². The second kappa shape index (κ2) is 4.94. The van der Waals surface area contributed by atoms with Gasteiger partial charge in [0.1, 0.15) is 11.9 Å². The Bertz CT molecular complexity index is 535. The van der Waals surface area contributed by atoms with E-state index < -0.39 is 17.6 Å². The summed E-state index contributed by atoms with van der Waals surface area (Å²) in [4.78, 5) is 23.9. The van der Waals surface area contributed by atoms with Crippen molar-refractivity contribution in [1.82, 2.24) is 10.2 Å². The Kier molecular flexibility index (Phi) is 3.35. The highest BCUT2D eigenvalue weighted by Crippen LogP contribution is 2.14. The summed E-state index contributed by atoms with van der Waals surface area (Å²) in [6.07, 6.45) is 0. The zero-order chi connectivity index (χ0) is 13.1. The van der Waals surface area contributed by atoms with Crippen LogP contribution in [-0.4, -0.2) is 29.8 Å². The van der Waals surface area contributed by atoms with Crippen LogP contribution in [0.4, 0.5) is 4.39 Å². The first-order chi connectivity index (χ1) is 8.60. The highest BCUT2D eigenvalue weighted by atomic mass is 19.1. The highest BCUT2D eigenvalue weighted by Gasteiger charge is 2.23. The molecule has 0 aromatic heterocycles. The van der Waals surface area contributed by atoms with Gasteiger partial charge in [-0.3, -0.25) is 19.8 Å². The van der Waals surface area contributed by atoms with Gasteiger partial charge in [0.05, 0.1) is 18.7 Å². The van der Waals surface area contributed by atoms with Crippen LogP contribution in [-0.2, 0) is 16.1 Å². The molecule has 1 saturated heterocycles. The number of rotatable bonds is 2. The van der Waals surface area contributed by atoms with Crippen molar-refractivity contribution in [3.8, 4) is 6.07 Å². The summed E-state index contributed by atoms with van der Waals surface area (Å²) in [5.41, 5.74) is 0.261. The Morgan fingerprint density at radius 3 is 2.61 bits per heavy atom. The standard InChI is InChI=1S/C12H10FN3O2/c13-12-8(4-14)2-1-3-9(12)5-16-6-10(17)15-11(18)7-16/h1-3H,5-7H2,(H,15,17,18). The minimum atomic E-state index is -0.599. The van der Waals surface area contributed by atoms with Crippen LogP contribution in [0.15, 0.2) is 18.2 Å². The zero-order valence-corrected chi connectivity index (χ0v) is 9.44. The summed E-state index contributed by atoms with van der Waals surface area (Å²) in [5.74, 6) is -1.40. The molecule has 1 aromatic rings. The second-order valence-electron chi connectivity index (χ2n) is 4.01.